The Morgan fingerprint density at radius 3 is 2.53 bits per heavy atom. The fourth-order valence-electron chi connectivity index (χ4n) is 1.25. The first kappa shape index (κ1) is 11.0. The van der Waals surface area contributed by atoms with Crippen LogP contribution in [0.25, 0.3) is 0 Å². The number of nitro groups is 1. The second-order valence-corrected chi connectivity index (χ2v) is 2.98. The summed E-state index contributed by atoms with van der Waals surface area (Å²) in [4.78, 5) is 25.3. The first-order chi connectivity index (χ1) is 6.86. The number of aryl methyl sites for hydroxylation is 1. The van der Waals surface area contributed by atoms with E-state index in [2.05, 4.69) is 4.98 Å². The molecule has 0 saturated heterocycles. The summed E-state index contributed by atoms with van der Waals surface area (Å²) < 4.78 is 1.13. The van der Waals surface area contributed by atoms with E-state index < -0.39 is 11.0 Å². The van der Waals surface area contributed by atoms with Crippen molar-refractivity contribution >= 4 is 17.9 Å². The van der Waals surface area contributed by atoms with E-state index in [1.807, 2.05) is 0 Å². The molecular formula is C7H10N4O4. The quantitative estimate of drug-likeness (QED) is 0.578. The molecule has 0 unspecified atom stereocenters. The molecule has 1 N–H and O–H groups in total. The highest BCUT2D eigenvalue weighted by Gasteiger charge is 2.26. The third-order valence-electron chi connectivity index (χ3n) is 1.97. The maximum atomic E-state index is 10.6. The second kappa shape index (κ2) is 3.56. The molecule has 0 saturated carbocycles. The molecule has 0 bridgehead atoms. The molecule has 1 heterocycles. The van der Waals surface area contributed by atoms with Gasteiger partial charge in [-0.3, -0.25) is 0 Å². The largest absolute Gasteiger partial charge is 0.465 e. The van der Waals surface area contributed by atoms with Gasteiger partial charge in [-0.15, -0.1) is 0 Å². The van der Waals surface area contributed by atoms with E-state index in [0.29, 0.717) is 0 Å². The number of nitrogens with zero attached hydrogens (tertiary/aromatic N) is 4. The zero-order valence-corrected chi connectivity index (χ0v) is 8.46. The summed E-state index contributed by atoms with van der Waals surface area (Å²) in [6.45, 7) is 1.46. The molecule has 0 aliphatic heterocycles. The number of imidazole rings is 1. The van der Waals surface area contributed by atoms with Crippen molar-refractivity contribution in [3.8, 4) is 0 Å². The predicted octanol–water partition coefficient (Wildman–Crippen LogP) is 0.751. The van der Waals surface area contributed by atoms with E-state index in [-0.39, 0.29) is 17.5 Å². The third kappa shape index (κ3) is 1.73. The minimum atomic E-state index is -1.22. The summed E-state index contributed by atoms with van der Waals surface area (Å²) in [5, 5.41) is 19.3. The molecule has 0 atom stereocenters. The molecule has 1 amide bonds. The van der Waals surface area contributed by atoms with Crippen LogP contribution < -0.4 is 4.90 Å². The highest BCUT2D eigenvalue weighted by atomic mass is 16.6. The Morgan fingerprint density at radius 2 is 2.20 bits per heavy atom. The van der Waals surface area contributed by atoms with Gasteiger partial charge in [0, 0.05) is 7.05 Å². The average Bonchev–Trinajstić information content (AvgIpc) is 2.40. The number of amides is 1. The third-order valence-corrected chi connectivity index (χ3v) is 1.97. The zero-order chi connectivity index (χ0) is 11.7. The summed E-state index contributed by atoms with van der Waals surface area (Å²) in [6, 6.07) is 0. The molecule has 1 rings (SSSR count). The van der Waals surface area contributed by atoms with Crippen molar-refractivity contribution in [1.82, 2.24) is 9.55 Å². The molecule has 82 valence electrons. The summed E-state index contributed by atoms with van der Waals surface area (Å²) >= 11 is 0. The molecule has 0 fully saturated rings. The fraction of sp³-hybridized carbons (Fsp3) is 0.429. The van der Waals surface area contributed by atoms with Crippen molar-refractivity contribution in [3.05, 3.63) is 15.8 Å². The molecule has 0 spiro atoms. The van der Waals surface area contributed by atoms with Gasteiger partial charge in [0.05, 0.1) is 7.05 Å². The molecule has 1 aromatic rings. The van der Waals surface area contributed by atoms with Gasteiger partial charge in [0.25, 0.3) is 0 Å². The molecule has 8 heteroatoms. The van der Waals surface area contributed by atoms with Gasteiger partial charge in [0.1, 0.15) is 5.69 Å². The van der Waals surface area contributed by atoms with Crippen molar-refractivity contribution in [1.29, 1.82) is 0 Å². The summed E-state index contributed by atoms with van der Waals surface area (Å²) in [6.07, 6.45) is -1.22. The van der Waals surface area contributed by atoms with Crippen LogP contribution in [0, 0.1) is 17.0 Å². The fourth-order valence-corrected chi connectivity index (χ4v) is 1.25. The Bertz CT molecular complexity index is 425. The van der Waals surface area contributed by atoms with Crippen LogP contribution in [-0.4, -0.2) is 32.7 Å². The number of anilines is 1. The lowest BCUT2D eigenvalue weighted by molar-refractivity contribution is -0.392. The summed E-state index contributed by atoms with van der Waals surface area (Å²) in [5.74, 6) is -0.190. The normalized spacial score (nSPS) is 10.1. The number of carbonyl (C=O) groups is 1. The maximum Gasteiger partial charge on any atom is 0.415 e. The first-order valence-corrected chi connectivity index (χ1v) is 4.00. The Morgan fingerprint density at radius 1 is 1.67 bits per heavy atom. The van der Waals surface area contributed by atoms with Crippen LogP contribution in [-0.2, 0) is 7.05 Å². The Kier molecular flexibility index (Phi) is 2.60. The Balaban J connectivity index is 3.29. The summed E-state index contributed by atoms with van der Waals surface area (Å²) in [5.41, 5.74) is 0.186. The smallest absolute Gasteiger partial charge is 0.415 e. The number of carboxylic acid groups (broad SMARTS) is 1. The van der Waals surface area contributed by atoms with Gasteiger partial charge < -0.3 is 15.2 Å². The molecule has 0 radical (unpaired) electrons. The van der Waals surface area contributed by atoms with Crippen LogP contribution in [0.2, 0.25) is 0 Å². The molecule has 0 aliphatic rings. The van der Waals surface area contributed by atoms with Crippen LogP contribution in [0.5, 0.6) is 0 Å². The minimum Gasteiger partial charge on any atom is -0.465 e. The van der Waals surface area contributed by atoms with E-state index >= 15 is 0 Å². The lowest BCUT2D eigenvalue weighted by Gasteiger charge is -2.07. The highest BCUT2D eigenvalue weighted by Crippen LogP contribution is 2.23. The second-order valence-electron chi connectivity index (χ2n) is 2.98. The van der Waals surface area contributed by atoms with Gasteiger partial charge in [0.15, 0.2) is 0 Å². The first-order valence-electron chi connectivity index (χ1n) is 4.00. The van der Waals surface area contributed by atoms with Crippen LogP contribution in [0.15, 0.2) is 0 Å². The van der Waals surface area contributed by atoms with Crippen molar-refractivity contribution < 1.29 is 14.8 Å². The van der Waals surface area contributed by atoms with E-state index in [4.69, 9.17) is 5.11 Å². The molecule has 0 aliphatic carbocycles. The van der Waals surface area contributed by atoms with E-state index in [1.165, 1.54) is 21.0 Å². The van der Waals surface area contributed by atoms with Crippen LogP contribution in [0.1, 0.15) is 5.69 Å². The van der Waals surface area contributed by atoms with Crippen LogP contribution in [0.3, 0.4) is 0 Å². The van der Waals surface area contributed by atoms with E-state index in [0.717, 1.165) is 9.47 Å². The predicted molar refractivity (Wildman–Crippen MR) is 51.0 cm³/mol. The van der Waals surface area contributed by atoms with Gasteiger partial charge in [-0.1, -0.05) is 0 Å². The molecule has 0 aromatic carbocycles. The van der Waals surface area contributed by atoms with Crippen molar-refractivity contribution in [2.24, 2.45) is 7.05 Å². The van der Waals surface area contributed by atoms with Crippen LogP contribution >= 0.6 is 0 Å². The highest BCUT2D eigenvalue weighted by molar-refractivity contribution is 5.83. The summed E-state index contributed by atoms with van der Waals surface area (Å²) in [7, 11) is 2.67. The molecule has 8 nitrogen and oxygen atoms in total. The van der Waals surface area contributed by atoms with Crippen molar-refractivity contribution in [2.75, 3.05) is 11.9 Å². The van der Waals surface area contributed by atoms with Crippen molar-refractivity contribution in [3.63, 3.8) is 0 Å². The van der Waals surface area contributed by atoms with Gasteiger partial charge >= 0.3 is 17.9 Å². The zero-order valence-electron chi connectivity index (χ0n) is 8.46. The van der Waals surface area contributed by atoms with Crippen LogP contribution in [0.4, 0.5) is 16.6 Å². The molecular weight excluding hydrogens is 204 g/mol. The van der Waals surface area contributed by atoms with Gasteiger partial charge in [-0.25, -0.2) is 9.69 Å². The number of hydrogen-bond acceptors (Lipinski definition) is 4. The van der Waals surface area contributed by atoms with Gasteiger partial charge in [-0.05, 0) is 11.8 Å². The van der Waals surface area contributed by atoms with E-state index in [1.54, 1.807) is 0 Å². The lowest BCUT2D eigenvalue weighted by Crippen LogP contribution is -2.26. The number of hydrogen-bond donors (Lipinski definition) is 1. The topological polar surface area (TPSA) is 102 Å². The maximum absolute atomic E-state index is 10.6. The SMILES string of the molecule is Cc1nc(N(C)C(=O)O)n(C)c1[N+](=O)[O-]. The number of aromatic nitrogens is 2. The monoisotopic (exact) mass is 214 g/mol. The standard InChI is InChI=1S/C7H10N4O4/c1-4-5(11(14)15)9(2)6(8-4)10(3)7(12)13/h1-3H3,(H,12,13). The Labute approximate surface area is 84.9 Å². The van der Waals surface area contributed by atoms with Crippen molar-refractivity contribution in [2.45, 2.75) is 6.92 Å². The van der Waals surface area contributed by atoms with E-state index in [9.17, 15) is 14.9 Å². The van der Waals surface area contributed by atoms with Gasteiger partial charge in [-0.2, -0.15) is 9.55 Å². The minimum absolute atomic E-state index is 0.0201. The Hall–Kier alpha value is -2.12. The van der Waals surface area contributed by atoms with Gasteiger partial charge in [0.2, 0.25) is 0 Å². The lowest BCUT2D eigenvalue weighted by atomic mass is 10.5. The number of rotatable bonds is 2. The molecule has 1 aromatic heterocycles. The average molecular weight is 214 g/mol. The molecule has 15 heavy (non-hydrogen) atoms.